The van der Waals surface area contributed by atoms with Crippen LogP contribution in [0.15, 0.2) is 30.5 Å². The van der Waals surface area contributed by atoms with Crippen LogP contribution in [0.4, 0.5) is 4.79 Å². The van der Waals surface area contributed by atoms with Crippen LogP contribution >= 0.6 is 0 Å². The highest BCUT2D eigenvalue weighted by molar-refractivity contribution is 6.02. The third kappa shape index (κ3) is 2.24. The maximum atomic E-state index is 12.5. The van der Waals surface area contributed by atoms with E-state index in [4.69, 9.17) is 0 Å². The molecule has 0 radical (unpaired) electrons. The lowest BCUT2D eigenvalue weighted by molar-refractivity contribution is -0.141. The number of nitrogens with one attached hydrogen (secondary N) is 1. The van der Waals surface area contributed by atoms with Gasteiger partial charge in [0.15, 0.2) is 0 Å². The van der Waals surface area contributed by atoms with Gasteiger partial charge in [0, 0.05) is 37.2 Å². The zero-order valence-electron chi connectivity index (χ0n) is 13.4. The fourth-order valence-corrected chi connectivity index (χ4v) is 3.47. The number of amides is 4. The Hall–Kier alpha value is -2.83. The minimum atomic E-state index is -0.355. The zero-order chi connectivity index (χ0) is 16.8. The number of para-hydroxylation sites is 1. The van der Waals surface area contributed by atoms with Crippen molar-refractivity contribution in [3.8, 4) is 0 Å². The molecular weight excluding hydrogens is 308 g/mol. The quantitative estimate of drug-likeness (QED) is 0.834. The van der Waals surface area contributed by atoms with E-state index in [1.54, 1.807) is 4.90 Å². The summed E-state index contributed by atoms with van der Waals surface area (Å²) in [6, 6.07) is 7.44. The average Bonchev–Trinajstić information content (AvgIpc) is 3.01. The predicted octanol–water partition coefficient (Wildman–Crippen LogP) is 0.483. The summed E-state index contributed by atoms with van der Waals surface area (Å²) >= 11 is 0. The molecule has 0 bridgehead atoms. The molecular formula is C17H18N4O3. The van der Waals surface area contributed by atoms with Gasteiger partial charge in [-0.15, -0.1) is 0 Å². The smallest absolute Gasteiger partial charge is 0.324 e. The number of benzene rings is 1. The van der Waals surface area contributed by atoms with Crippen molar-refractivity contribution in [2.75, 3.05) is 19.6 Å². The van der Waals surface area contributed by atoms with E-state index in [2.05, 4.69) is 5.32 Å². The molecule has 0 aliphatic carbocycles. The third-order valence-electron chi connectivity index (χ3n) is 4.78. The molecule has 1 aromatic carbocycles. The first kappa shape index (κ1) is 14.7. The SMILES string of the molecule is Cn1cc(CC(=O)N2CC(N3C(=O)CNC3=O)C2)c2ccccc21. The summed E-state index contributed by atoms with van der Waals surface area (Å²) in [7, 11) is 1.97. The van der Waals surface area contributed by atoms with Crippen molar-refractivity contribution in [3.05, 3.63) is 36.0 Å². The van der Waals surface area contributed by atoms with Gasteiger partial charge < -0.3 is 14.8 Å². The molecule has 2 aliphatic rings. The number of aromatic nitrogens is 1. The van der Waals surface area contributed by atoms with E-state index in [0.29, 0.717) is 19.5 Å². The number of imide groups is 1. The van der Waals surface area contributed by atoms with E-state index in [-0.39, 0.29) is 30.4 Å². The van der Waals surface area contributed by atoms with Gasteiger partial charge in [-0.25, -0.2) is 4.79 Å². The van der Waals surface area contributed by atoms with E-state index < -0.39 is 0 Å². The van der Waals surface area contributed by atoms with Gasteiger partial charge in [-0.3, -0.25) is 14.5 Å². The molecule has 0 unspecified atom stereocenters. The summed E-state index contributed by atoms with van der Waals surface area (Å²) in [5.74, 6) is -0.194. The van der Waals surface area contributed by atoms with Crippen molar-refractivity contribution in [1.82, 2.24) is 19.7 Å². The maximum absolute atomic E-state index is 12.5. The highest BCUT2D eigenvalue weighted by Crippen LogP contribution is 2.23. The lowest BCUT2D eigenvalue weighted by atomic mass is 10.0. The number of likely N-dealkylation sites (tertiary alicyclic amines) is 1. The normalized spacial score (nSPS) is 18.2. The molecule has 7 nitrogen and oxygen atoms in total. The van der Waals surface area contributed by atoms with E-state index in [1.165, 1.54) is 4.90 Å². The van der Waals surface area contributed by atoms with Crippen molar-refractivity contribution in [2.24, 2.45) is 7.05 Å². The number of carbonyl (C=O) groups is 3. The predicted molar refractivity (Wildman–Crippen MR) is 87.2 cm³/mol. The summed E-state index contributed by atoms with van der Waals surface area (Å²) in [5, 5.41) is 3.59. The van der Waals surface area contributed by atoms with E-state index >= 15 is 0 Å². The molecule has 124 valence electrons. The van der Waals surface area contributed by atoms with Crippen LogP contribution in [0.2, 0.25) is 0 Å². The Morgan fingerprint density at radius 3 is 2.71 bits per heavy atom. The minimum absolute atomic E-state index is 0.0228. The molecule has 24 heavy (non-hydrogen) atoms. The summed E-state index contributed by atoms with van der Waals surface area (Å²) < 4.78 is 2.02. The number of fused-ring (bicyclic) bond motifs is 1. The molecule has 3 heterocycles. The molecule has 2 aliphatic heterocycles. The van der Waals surface area contributed by atoms with Crippen molar-refractivity contribution in [1.29, 1.82) is 0 Å². The number of carbonyl (C=O) groups excluding carboxylic acids is 3. The number of aryl methyl sites for hydroxylation is 1. The Balaban J connectivity index is 1.43. The Bertz CT molecular complexity index is 835. The minimum Gasteiger partial charge on any atom is -0.350 e. The first-order valence-electron chi connectivity index (χ1n) is 7.95. The second kappa shape index (κ2) is 5.36. The number of hydrogen-bond donors (Lipinski definition) is 1. The molecule has 1 aromatic heterocycles. The van der Waals surface area contributed by atoms with Gasteiger partial charge in [0.05, 0.1) is 19.0 Å². The van der Waals surface area contributed by atoms with Gasteiger partial charge in [0.2, 0.25) is 11.8 Å². The van der Waals surface area contributed by atoms with Crippen LogP contribution in [0, 0.1) is 0 Å². The Labute approximate surface area is 138 Å². The fraction of sp³-hybridized carbons (Fsp3) is 0.353. The van der Waals surface area contributed by atoms with Crippen LogP contribution < -0.4 is 5.32 Å². The zero-order valence-corrected chi connectivity index (χ0v) is 13.4. The maximum Gasteiger partial charge on any atom is 0.324 e. The van der Waals surface area contributed by atoms with E-state index in [1.807, 2.05) is 42.1 Å². The first-order valence-corrected chi connectivity index (χ1v) is 7.95. The van der Waals surface area contributed by atoms with Crippen LogP contribution in [-0.4, -0.2) is 57.9 Å². The Morgan fingerprint density at radius 1 is 1.25 bits per heavy atom. The van der Waals surface area contributed by atoms with Gasteiger partial charge in [0.1, 0.15) is 0 Å². The first-order chi connectivity index (χ1) is 11.5. The Morgan fingerprint density at radius 2 is 2.00 bits per heavy atom. The van der Waals surface area contributed by atoms with Gasteiger partial charge in [-0.05, 0) is 11.6 Å². The highest BCUT2D eigenvalue weighted by Gasteiger charge is 2.42. The molecule has 0 saturated carbocycles. The van der Waals surface area contributed by atoms with Gasteiger partial charge in [0.25, 0.3) is 0 Å². The van der Waals surface area contributed by atoms with Crippen molar-refractivity contribution in [2.45, 2.75) is 12.5 Å². The van der Waals surface area contributed by atoms with E-state index in [9.17, 15) is 14.4 Å². The standard InChI is InChI=1S/C17H18N4O3/c1-19-8-11(13-4-2-3-5-14(13)19)6-15(22)20-9-12(10-20)21-16(23)7-18-17(21)24/h2-5,8,12H,6-7,9-10H2,1H3,(H,18,24). The topological polar surface area (TPSA) is 74.7 Å². The second-order valence-electron chi connectivity index (χ2n) is 6.33. The monoisotopic (exact) mass is 326 g/mol. The van der Waals surface area contributed by atoms with Gasteiger partial charge >= 0.3 is 6.03 Å². The number of urea groups is 1. The molecule has 7 heteroatoms. The lowest BCUT2D eigenvalue weighted by Gasteiger charge is -2.42. The van der Waals surface area contributed by atoms with Crippen molar-refractivity contribution >= 4 is 28.7 Å². The summed E-state index contributed by atoms with van der Waals surface area (Å²) in [6.07, 6.45) is 2.31. The van der Waals surface area contributed by atoms with E-state index in [0.717, 1.165) is 16.5 Å². The molecule has 0 spiro atoms. The molecule has 2 aromatic rings. The summed E-state index contributed by atoms with van der Waals surface area (Å²) in [5.41, 5.74) is 2.10. The summed E-state index contributed by atoms with van der Waals surface area (Å²) in [6.45, 7) is 0.894. The van der Waals surface area contributed by atoms with Crippen molar-refractivity contribution in [3.63, 3.8) is 0 Å². The Kier molecular flexibility index (Phi) is 3.30. The largest absolute Gasteiger partial charge is 0.350 e. The molecule has 4 rings (SSSR count). The van der Waals surface area contributed by atoms with Gasteiger partial charge in [-0.2, -0.15) is 0 Å². The lowest BCUT2D eigenvalue weighted by Crippen LogP contribution is -2.62. The van der Waals surface area contributed by atoms with Gasteiger partial charge in [-0.1, -0.05) is 18.2 Å². The van der Waals surface area contributed by atoms with Crippen LogP contribution in [0.5, 0.6) is 0 Å². The second-order valence-corrected chi connectivity index (χ2v) is 6.33. The van der Waals surface area contributed by atoms with Crippen molar-refractivity contribution < 1.29 is 14.4 Å². The molecule has 2 saturated heterocycles. The van der Waals surface area contributed by atoms with Crippen LogP contribution in [-0.2, 0) is 23.1 Å². The fourth-order valence-electron chi connectivity index (χ4n) is 3.47. The number of rotatable bonds is 3. The summed E-state index contributed by atoms with van der Waals surface area (Å²) in [4.78, 5) is 38.7. The molecule has 1 N–H and O–H groups in total. The number of nitrogens with zero attached hydrogens (tertiary/aromatic N) is 3. The van der Waals surface area contributed by atoms with Crippen LogP contribution in [0.25, 0.3) is 10.9 Å². The molecule has 0 atom stereocenters. The van der Waals surface area contributed by atoms with Crippen LogP contribution in [0.3, 0.4) is 0 Å². The third-order valence-corrected chi connectivity index (χ3v) is 4.78. The number of hydrogen-bond acceptors (Lipinski definition) is 3. The molecule has 2 fully saturated rings. The highest BCUT2D eigenvalue weighted by atomic mass is 16.2. The van der Waals surface area contributed by atoms with Crippen LogP contribution in [0.1, 0.15) is 5.56 Å². The average molecular weight is 326 g/mol. The molecule has 4 amide bonds.